The molecule has 21 heavy (non-hydrogen) atoms. The predicted molar refractivity (Wildman–Crippen MR) is 74.9 cm³/mol. The topological polar surface area (TPSA) is 38.3 Å². The summed E-state index contributed by atoms with van der Waals surface area (Å²) in [5.74, 6) is -1.59. The van der Waals surface area contributed by atoms with Crippen molar-refractivity contribution in [2.45, 2.75) is 13.0 Å². The molecule has 5 heteroatoms. The highest BCUT2D eigenvalue weighted by Crippen LogP contribution is 2.16. The summed E-state index contributed by atoms with van der Waals surface area (Å²) >= 11 is 0. The third-order valence-electron chi connectivity index (χ3n) is 2.93. The first-order chi connectivity index (χ1) is 10.1. The Balaban J connectivity index is 1.88. The van der Waals surface area contributed by atoms with E-state index in [0.29, 0.717) is 11.3 Å². The zero-order valence-electron chi connectivity index (χ0n) is 11.5. The lowest BCUT2D eigenvalue weighted by Gasteiger charge is -2.15. The van der Waals surface area contributed by atoms with Gasteiger partial charge in [0.25, 0.3) is 5.91 Å². The smallest absolute Gasteiger partial charge is 0.258 e. The summed E-state index contributed by atoms with van der Waals surface area (Å²) in [7, 11) is 0. The van der Waals surface area contributed by atoms with E-state index in [1.807, 2.05) is 6.07 Å². The minimum atomic E-state index is -0.936. The van der Waals surface area contributed by atoms with Crippen molar-refractivity contribution in [1.29, 1.82) is 0 Å². The number of para-hydroxylation sites is 1. The van der Waals surface area contributed by atoms with Gasteiger partial charge in [0, 0.05) is 0 Å². The van der Waals surface area contributed by atoms with Gasteiger partial charge in [-0.3, -0.25) is 4.79 Å². The van der Waals surface area contributed by atoms with E-state index in [9.17, 15) is 13.6 Å². The molecule has 2 aromatic rings. The summed E-state index contributed by atoms with van der Waals surface area (Å²) in [5.41, 5.74) is 0.488. The van der Waals surface area contributed by atoms with E-state index < -0.39 is 17.7 Å². The number of hydrogen-bond donors (Lipinski definition) is 1. The fourth-order valence-electron chi connectivity index (χ4n) is 1.81. The second kappa shape index (κ2) is 6.83. The predicted octanol–water partition coefficient (Wildman–Crippen LogP) is 3.22. The minimum Gasteiger partial charge on any atom is -0.484 e. The number of halogens is 2. The number of ether oxygens (including phenoxy) is 1. The summed E-state index contributed by atoms with van der Waals surface area (Å²) in [6.07, 6.45) is 0. The van der Waals surface area contributed by atoms with Gasteiger partial charge in [-0.15, -0.1) is 0 Å². The van der Waals surface area contributed by atoms with Gasteiger partial charge in [-0.2, -0.15) is 0 Å². The molecule has 0 radical (unpaired) electrons. The van der Waals surface area contributed by atoms with Gasteiger partial charge >= 0.3 is 0 Å². The van der Waals surface area contributed by atoms with Crippen LogP contribution in [-0.2, 0) is 4.79 Å². The third-order valence-corrected chi connectivity index (χ3v) is 2.93. The Bertz CT molecular complexity index is 617. The number of hydrogen-bond acceptors (Lipinski definition) is 2. The number of nitrogens with one attached hydrogen (secondary N) is 1. The maximum absolute atomic E-state index is 13.1. The average Bonchev–Trinajstić information content (AvgIpc) is 2.49. The second-order valence-corrected chi connectivity index (χ2v) is 4.56. The molecule has 0 aromatic heterocycles. The van der Waals surface area contributed by atoms with E-state index in [2.05, 4.69) is 5.32 Å². The van der Waals surface area contributed by atoms with Crippen LogP contribution in [0.1, 0.15) is 18.5 Å². The Morgan fingerprint density at radius 1 is 1.14 bits per heavy atom. The minimum absolute atomic E-state index is 0.141. The molecule has 1 atom stereocenters. The SMILES string of the molecule is CC(NC(=O)COc1ccccc1)c1ccc(F)c(F)c1. The largest absolute Gasteiger partial charge is 0.484 e. The van der Waals surface area contributed by atoms with E-state index in [-0.39, 0.29) is 12.5 Å². The number of amides is 1. The second-order valence-electron chi connectivity index (χ2n) is 4.56. The lowest BCUT2D eigenvalue weighted by molar-refractivity contribution is -0.123. The molecule has 0 saturated heterocycles. The summed E-state index contributed by atoms with van der Waals surface area (Å²) in [6, 6.07) is 12.0. The van der Waals surface area contributed by atoms with Crippen LogP contribution in [-0.4, -0.2) is 12.5 Å². The molecule has 110 valence electrons. The van der Waals surface area contributed by atoms with Crippen LogP contribution in [0.25, 0.3) is 0 Å². The molecule has 2 aromatic carbocycles. The Kier molecular flexibility index (Phi) is 4.87. The van der Waals surface area contributed by atoms with Gasteiger partial charge in [-0.25, -0.2) is 8.78 Å². The number of benzene rings is 2. The van der Waals surface area contributed by atoms with E-state index in [1.54, 1.807) is 31.2 Å². The van der Waals surface area contributed by atoms with E-state index in [1.165, 1.54) is 6.07 Å². The molecule has 1 unspecified atom stereocenters. The highest BCUT2D eigenvalue weighted by molar-refractivity contribution is 5.78. The molecule has 0 spiro atoms. The number of rotatable bonds is 5. The first-order valence-electron chi connectivity index (χ1n) is 6.48. The van der Waals surface area contributed by atoms with Crippen LogP contribution in [0, 0.1) is 11.6 Å². The number of carbonyl (C=O) groups is 1. The summed E-state index contributed by atoms with van der Waals surface area (Å²) in [4.78, 5) is 11.7. The van der Waals surface area contributed by atoms with E-state index in [0.717, 1.165) is 12.1 Å². The molecule has 1 N–H and O–H groups in total. The van der Waals surface area contributed by atoms with Crippen LogP contribution in [0.15, 0.2) is 48.5 Å². The van der Waals surface area contributed by atoms with Gasteiger partial charge in [-0.1, -0.05) is 24.3 Å². The quantitative estimate of drug-likeness (QED) is 0.918. The maximum Gasteiger partial charge on any atom is 0.258 e. The van der Waals surface area contributed by atoms with Crippen LogP contribution in [0.3, 0.4) is 0 Å². The van der Waals surface area contributed by atoms with Crippen molar-refractivity contribution in [3.8, 4) is 5.75 Å². The standard InChI is InChI=1S/C16H15F2NO2/c1-11(12-7-8-14(17)15(18)9-12)19-16(20)10-21-13-5-3-2-4-6-13/h2-9,11H,10H2,1H3,(H,19,20). The van der Waals surface area contributed by atoms with Crippen molar-refractivity contribution in [3.63, 3.8) is 0 Å². The molecule has 0 heterocycles. The average molecular weight is 291 g/mol. The zero-order chi connectivity index (χ0) is 15.2. The van der Waals surface area contributed by atoms with Crippen LogP contribution in [0.5, 0.6) is 5.75 Å². The molecule has 0 bridgehead atoms. The highest BCUT2D eigenvalue weighted by Gasteiger charge is 2.12. The first-order valence-corrected chi connectivity index (χ1v) is 6.48. The van der Waals surface area contributed by atoms with Crippen molar-refractivity contribution >= 4 is 5.91 Å². The van der Waals surface area contributed by atoms with Crippen molar-refractivity contribution in [2.24, 2.45) is 0 Å². The summed E-state index contributed by atoms with van der Waals surface area (Å²) in [6.45, 7) is 1.55. The van der Waals surface area contributed by atoms with Crippen LogP contribution in [0.4, 0.5) is 8.78 Å². The monoisotopic (exact) mass is 291 g/mol. The van der Waals surface area contributed by atoms with Gasteiger partial charge in [0.05, 0.1) is 6.04 Å². The molecular formula is C16H15F2NO2. The van der Waals surface area contributed by atoms with Crippen molar-refractivity contribution in [3.05, 3.63) is 65.7 Å². The van der Waals surface area contributed by atoms with Crippen LogP contribution >= 0.6 is 0 Å². The molecule has 0 fully saturated rings. The fourth-order valence-corrected chi connectivity index (χ4v) is 1.81. The lowest BCUT2D eigenvalue weighted by Crippen LogP contribution is -2.31. The normalized spacial score (nSPS) is 11.8. The van der Waals surface area contributed by atoms with Crippen LogP contribution in [0.2, 0.25) is 0 Å². The maximum atomic E-state index is 13.1. The summed E-state index contributed by atoms with van der Waals surface area (Å²) in [5, 5.41) is 2.66. The first kappa shape index (κ1) is 15.0. The molecule has 1 amide bonds. The fraction of sp³-hybridized carbons (Fsp3) is 0.188. The van der Waals surface area contributed by atoms with Crippen molar-refractivity contribution < 1.29 is 18.3 Å². The highest BCUT2D eigenvalue weighted by atomic mass is 19.2. The Hall–Kier alpha value is -2.43. The molecule has 2 rings (SSSR count). The van der Waals surface area contributed by atoms with Crippen LogP contribution < -0.4 is 10.1 Å². The molecule has 0 aliphatic heterocycles. The van der Waals surface area contributed by atoms with Gasteiger partial charge in [0.1, 0.15) is 5.75 Å². The Morgan fingerprint density at radius 3 is 2.52 bits per heavy atom. The zero-order valence-corrected chi connectivity index (χ0v) is 11.5. The molecule has 0 aliphatic carbocycles. The molecular weight excluding hydrogens is 276 g/mol. The van der Waals surface area contributed by atoms with Gasteiger partial charge in [0.2, 0.25) is 0 Å². The Morgan fingerprint density at radius 2 is 1.86 bits per heavy atom. The molecule has 0 aliphatic rings. The Labute approximate surface area is 121 Å². The number of carbonyl (C=O) groups excluding carboxylic acids is 1. The summed E-state index contributed by atoms with van der Waals surface area (Å²) < 4.78 is 31.3. The van der Waals surface area contributed by atoms with E-state index in [4.69, 9.17) is 4.74 Å². The lowest BCUT2D eigenvalue weighted by atomic mass is 10.1. The van der Waals surface area contributed by atoms with Gasteiger partial charge < -0.3 is 10.1 Å². The molecule has 0 saturated carbocycles. The van der Waals surface area contributed by atoms with Crippen molar-refractivity contribution in [1.82, 2.24) is 5.32 Å². The van der Waals surface area contributed by atoms with E-state index >= 15 is 0 Å². The van der Waals surface area contributed by atoms with Gasteiger partial charge in [-0.05, 0) is 36.8 Å². The molecule has 3 nitrogen and oxygen atoms in total. The van der Waals surface area contributed by atoms with Gasteiger partial charge in [0.15, 0.2) is 18.2 Å². The third kappa shape index (κ3) is 4.27. The van der Waals surface area contributed by atoms with Crippen molar-refractivity contribution in [2.75, 3.05) is 6.61 Å².